The summed E-state index contributed by atoms with van der Waals surface area (Å²) in [5.41, 5.74) is 3.58. The molecule has 0 N–H and O–H groups in total. The average molecular weight is 433 g/mol. The Morgan fingerprint density at radius 1 is 0.625 bits per heavy atom. The maximum atomic E-state index is 13.6. The number of unbranched alkanes of at least 4 members (excludes halogenated alkanes) is 4. The Bertz CT molecular complexity index is 1080. The molecule has 1 aromatic heterocycles. The van der Waals surface area contributed by atoms with E-state index in [9.17, 15) is 9.59 Å². The van der Waals surface area contributed by atoms with E-state index >= 15 is 0 Å². The number of benzene rings is 2. The smallest absolute Gasteiger partial charge is 0.297 e. The fourth-order valence-corrected chi connectivity index (χ4v) is 4.23. The van der Waals surface area contributed by atoms with Gasteiger partial charge in [-0.15, -0.1) is 0 Å². The summed E-state index contributed by atoms with van der Waals surface area (Å²) in [6, 6.07) is 20.3. The highest BCUT2D eigenvalue weighted by atomic mass is 16.2. The van der Waals surface area contributed by atoms with Gasteiger partial charge >= 0.3 is 5.69 Å². The van der Waals surface area contributed by atoms with Crippen LogP contribution in [-0.4, -0.2) is 9.13 Å². The third-order valence-corrected chi connectivity index (χ3v) is 6.05. The van der Waals surface area contributed by atoms with E-state index in [1.54, 1.807) is 0 Å². The molecule has 0 aliphatic heterocycles. The normalized spacial score (nSPS) is 11.1. The minimum absolute atomic E-state index is 0.118. The van der Waals surface area contributed by atoms with E-state index in [0.29, 0.717) is 25.9 Å². The maximum Gasteiger partial charge on any atom is 0.331 e. The molecule has 3 aromatic rings. The number of nitrogens with zero attached hydrogens (tertiary/aromatic N) is 2. The van der Waals surface area contributed by atoms with Crippen LogP contribution in [-0.2, 0) is 25.9 Å². The van der Waals surface area contributed by atoms with Crippen LogP contribution in [0.4, 0.5) is 0 Å². The predicted octanol–water partition coefficient (Wildman–Crippen LogP) is 5.57. The van der Waals surface area contributed by atoms with Gasteiger partial charge < -0.3 is 0 Å². The van der Waals surface area contributed by atoms with Crippen LogP contribution in [0.15, 0.2) is 70.3 Å². The molecule has 4 nitrogen and oxygen atoms in total. The van der Waals surface area contributed by atoms with Gasteiger partial charge in [0.15, 0.2) is 0 Å². The molecule has 0 saturated heterocycles. The summed E-state index contributed by atoms with van der Waals surface area (Å²) in [5.74, 6) is 0. The third-order valence-electron chi connectivity index (χ3n) is 6.05. The third kappa shape index (κ3) is 6.09. The molecular weight excluding hydrogens is 396 g/mol. The topological polar surface area (TPSA) is 44.0 Å². The van der Waals surface area contributed by atoms with E-state index in [2.05, 4.69) is 38.1 Å². The van der Waals surface area contributed by atoms with E-state index in [-0.39, 0.29) is 11.2 Å². The van der Waals surface area contributed by atoms with Crippen LogP contribution in [0.25, 0.3) is 0 Å². The van der Waals surface area contributed by atoms with Crippen LogP contribution in [0.1, 0.15) is 74.8 Å². The minimum Gasteiger partial charge on any atom is -0.297 e. The molecule has 0 radical (unpaired) electrons. The number of hydrogen-bond acceptors (Lipinski definition) is 2. The summed E-state index contributed by atoms with van der Waals surface area (Å²) >= 11 is 0. The highest BCUT2D eigenvalue weighted by molar-refractivity contribution is 5.32. The van der Waals surface area contributed by atoms with Crippen molar-refractivity contribution in [2.45, 2.75) is 78.3 Å². The van der Waals surface area contributed by atoms with Crippen molar-refractivity contribution in [1.82, 2.24) is 9.13 Å². The molecule has 170 valence electrons. The molecule has 1 heterocycles. The van der Waals surface area contributed by atoms with Gasteiger partial charge in [-0.3, -0.25) is 13.9 Å². The Labute approximate surface area is 191 Å². The number of aromatic nitrogens is 2. The van der Waals surface area contributed by atoms with Crippen LogP contribution in [0.2, 0.25) is 0 Å². The van der Waals surface area contributed by atoms with Crippen molar-refractivity contribution in [3.8, 4) is 0 Å². The Hall–Kier alpha value is -2.88. The molecule has 4 heteroatoms. The van der Waals surface area contributed by atoms with E-state index < -0.39 is 0 Å². The summed E-state index contributed by atoms with van der Waals surface area (Å²) in [5, 5.41) is 0. The molecule has 0 amide bonds. The van der Waals surface area contributed by atoms with Gasteiger partial charge in [-0.05, 0) is 24.0 Å². The van der Waals surface area contributed by atoms with Crippen LogP contribution in [0, 0.1) is 0 Å². The first-order valence-corrected chi connectivity index (χ1v) is 12.1. The molecule has 0 aliphatic rings. The zero-order valence-electron chi connectivity index (χ0n) is 19.6. The first-order valence-electron chi connectivity index (χ1n) is 12.1. The van der Waals surface area contributed by atoms with Crippen molar-refractivity contribution in [1.29, 1.82) is 0 Å². The molecule has 0 aliphatic carbocycles. The zero-order chi connectivity index (χ0) is 22.8. The molecule has 0 spiro atoms. The molecule has 0 bridgehead atoms. The van der Waals surface area contributed by atoms with Gasteiger partial charge in [-0.1, -0.05) is 100 Å². The lowest BCUT2D eigenvalue weighted by Gasteiger charge is -2.20. The second kappa shape index (κ2) is 12.2. The van der Waals surface area contributed by atoms with E-state index in [0.717, 1.165) is 60.9 Å². The van der Waals surface area contributed by atoms with Crippen molar-refractivity contribution in [3.63, 3.8) is 0 Å². The van der Waals surface area contributed by atoms with Gasteiger partial charge in [0.05, 0.1) is 0 Å². The molecule has 2 aromatic carbocycles. The Morgan fingerprint density at radius 3 is 1.66 bits per heavy atom. The molecule has 0 unspecified atom stereocenters. The minimum atomic E-state index is -0.148. The second-order valence-corrected chi connectivity index (χ2v) is 8.56. The lowest BCUT2D eigenvalue weighted by Crippen LogP contribution is -2.44. The van der Waals surface area contributed by atoms with Crippen molar-refractivity contribution in [2.24, 2.45) is 0 Å². The average Bonchev–Trinajstić information content (AvgIpc) is 2.82. The van der Waals surface area contributed by atoms with Gasteiger partial charge in [0.2, 0.25) is 0 Å². The fraction of sp³-hybridized carbons (Fsp3) is 0.429. The van der Waals surface area contributed by atoms with Crippen molar-refractivity contribution < 1.29 is 0 Å². The largest absolute Gasteiger partial charge is 0.331 e. The van der Waals surface area contributed by atoms with E-state index in [1.165, 1.54) is 4.57 Å². The SMILES string of the molecule is CCCCCn1c(Cc2ccccc2)c(Cc2ccccc2)c(=O)n(CCCCC)c1=O. The Balaban J connectivity index is 2.15. The van der Waals surface area contributed by atoms with Crippen LogP contribution < -0.4 is 11.2 Å². The van der Waals surface area contributed by atoms with Crippen molar-refractivity contribution in [2.75, 3.05) is 0 Å². The monoisotopic (exact) mass is 432 g/mol. The lowest BCUT2D eigenvalue weighted by molar-refractivity contribution is 0.487. The zero-order valence-corrected chi connectivity index (χ0v) is 19.6. The Kier molecular flexibility index (Phi) is 9.09. The maximum absolute atomic E-state index is 13.6. The Morgan fingerprint density at radius 2 is 1.12 bits per heavy atom. The van der Waals surface area contributed by atoms with Crippen LogP contribution in [0.3, 0.4) is 0 Å². The molecule has 0 fully saturated rings. The predicted molar refractivity (Wildman–Crippen MR) is 133 cm³/mol. The van der Waals surface area contributed by atoms with Gasteiger partial charge in [0.25, 0.3) is 5.56 Å². The first-order chi connectivity index (χ1) is 15.7. The highest BCUT2D eigenvalue weighted by Gasteiger charge is 2.19. The van der Waals surface area contributed by atoms with Crippen molar-refractivity contribution in [3.05, 3.63) is 104 Å². The van der Waals surface area contributed by atoms with Gasteiger partial charge in [-0.2, -0.15) is 0 Å². The summed E-state index contributed by atoms with van der Waals surface area (Å²) in [4.78, 5) is 27.2. The molecule has 0 atom stereocenters. The summed E-state index contributed by atoms with van der Waals surface area (Å²) in [6.07, 6.45) is 7.17. The molecule has 3 rings (SSSR count). The van der Waals surface area contributed by atoms with Crippen LogP contribution in [0.5, 0.6) is 0 Å². The molecule has 0 saturated carbocycles. The quantitative estimate of drug-likeness (QED) is 0.351. The summed E-state index contributed by atoms with van der Waals surface area (Å²) in [7, 11) is 0. The number of rotatable bonds is 12. The first kappa shape index (κ1) is 23.8. The van der Waals surface area contributed by atoms with E-state index in [1.807, 2.05) is 41.0 Å². The lowest BCUT2D eigenvalue weighted by atomic mass is 9.99. The standard InChI is InChI=1S/C28H36N2O2/c1-3-5-13-19-29-26(22-24-17-11-8-12-18-24)25(21-23-15-9-7-10-16-23)27(31)30(28(29)32)20-14-6-4-2/h7-12,15-18H,3-6,13-14,19-22H2,1-2H3. The van der Waals surface area contributed by atoms with Gasteiger partial charge in [0, 0.05) is 37.2 Å². The van der Waals surface area contributed by atoms with Gasteiger partial charge in [0.1, 0.15) is 0 Å². The van der Waals surface area contributed by atoms with Gasteiger partial charge in [-0.25, -0.2) is 4.79 Å². The summed E-state index contributed by atoms with van der Waals surface area (Å²) in [6.45, 7) is 5.45. The number of hydrogen-bond donors (Lipinski definition) is 0. The van der Waals surface area contributed by atoms with E-state index in [4.69, 9.17) is 0 Å². The van der Waals surface area contributed by atoms with Crippen molar-refractivity contribution >= 4 is 0 Å². The molecular formula is C28H36N2O2. The van der Waals surface area contributed by atoms with Crippen LogP contribution >= 0.6 is 0 Å². The highest BCUT2D eigenvalue weighted by Crippen LogP contribution is 2.16. The summed E-state index contributed by atoms with van der Waals surface area (Å²) < 4.78 is 3.39. The molecule has 32 heavy (non-hydrogen) atoms. The fourth-order valence-electron chi connectivity index (χ4n) is 4.23. The second-order valence-electron chi connectivity index (χ2n) is 8.56.